The van der Waals surface area contributed by atoms with Gasteiger partial charge in [0.15, 0.2) is 0 Å². The Balaban J connectivity index is 1.74. The summed E-state index contributed by atoms with van der Waals surface area (Å²) in [6, 6.07) is 6.65. The number of ether oxygens (including phenoxy) is 2. The summed E-state index contributed by atoms with van der Waals surface area (Å²) < 4.78 is 11.3. The molecule has 0 atom stereocenters. The van der Waals surface area contributed by atoms with E-state index < -0.39 is 0 Å². The lowest BCUT2D eigenvalue weighted by Gasteiger charge is -2.34. The van der Waals surface area contributed by atoms with E-state index in [1.165, 1.54) is 16.8 Å². The van der Waals surface area contributed by atoms with Crippen molar-refractivity contribution in [1.29, 1.82) is 0 Å². The monoisotopic (exact) mass is 333 g/mol. The van der Waals surface area contributed by atoms with Gasteiger partial charge in [-0.1, -0.05) is 18.2 Å². The summed E-state index contributed by atoms with van der Waals surface area (Å²) in [7, 11) is 0. The summed E-state index contributed by atoms with van der Waals surface area (Å²) in [5, 5.41) is 8.69. The summed E-state index contributed by atoms with van der Waals surface area (Å²) >= 11 is 0. The SMILES string of the molecule is C=C(C)c1cc(N2CCC(OCCOCCCO)CC2)ccc1C. The number of aliphatic hydroxyl groups excluding tert-OH is 1. The molecule has 1 aliphatic rings. The number of allylic oxidation sites excluding steroid dienone is 1. The topological polar surface area (TPSA) is 41.9 Å². The van der Waals surface area contributed by atoms with Gasteiger partial charge in [0.25, 0.3) is 0 Å². The van der Waals surface area contributed by atoms with Crippen molar-refractivity contribution in [3.05, 3.63) is 35.9 Å². The molecule has 0 amide bonds. The van der Waals surface area contributed by atoms with Crippen LogP contribution in [0.5, 0.6) is 0 Å². The van der Waals surface area contributed by atoms with Crippen LogP contribution in [0.1, 0.15) is 37.3 Å². The molecule has 4 heteroatoms. The van der Waals surface area contributed by atoms with E-state index in [4.69, 9.17) is 14.6 Å². The molecule has 1 aromatic rings. The smallest absolute Gasteiger partial charge is 0.0704 e. The first kappa shape index (κ1) is 19.0. The fourth-order valence-corrected chi connectivity index (χ4v) is 3.09. The van der Waals surface area contributed by atoms with Gasteiger partial charge in [-0.25, -0.2) is 0 Å². The van der Waals surface area contributed by atoms with Crippen molar-refractivity contribution in [2.24, 2.45) is 0 Å². The molecule has 0 spiro atoms. The van der Waals surface area contributed by atoms with Gasteiger partial charge >= 0.3 is 0 Å². The highest BCUT2D eigenvalue weighted by Gasteiger charge is 2.20. The van der Waals surface area contributed by atoms with Crippen LogP contribution in [0.25, 0.3) is 5.57 Å². The van der Waals surface area contributed by atoms with E-state index in [0.717, 1.165) is 31.5 Å². The van der Waals surface area contributed by atoms with Crippen LogP contribution >= 0.6 is 0 Å². The summed E-state index contributed by atoms with van der Waals surface area (Å²) in [6.07, 6.45) is 3.12. The Hall–Kier alpha value is -1.36. The fourth-order valence-electron chi connectivity index (χ4n) is 3.09. The van der Waals surface area contributed by atoms with E-state index in [1.807, 2.05) is 0 Å². The molecule has 0 aromatic heterocycles. The Kier molecular flexibility index (Phi) is 7.76. The molecule has 2 rings (SSSR count). The largest absolute Gasteiger partial charge is 0.396 e. The zero-order chi connectivity index (χ0) is 17.4. The molecule has 1 fully saturated rings. The molecular weight excluding hydrogens is 302 g/mol. The van der Waals surface area contributed by atoms with Gasteiger partial charge in [0, 0.05) is 32.0 Å². The molecule has 0 saturated carbocycles. The first-order chi connectivity index (χ1) is 11.6. The molecular formula is C20H31NO3. The second-order valence-corrected chi connectivity index (χ2v) is 6.53. The van der Waals surface area contributed by atoms with Crippen molar-refractivity contribution < 1.29 is 14.6 Å². The lowest BCUT2D eigenvalue weighted by molar-refractivity contribution is -0.00661. The van der Waals surface area contributed by atoms with E-state index in [-0.39, 0.29) is 6.61 Å². The molecule has 1 N–H and O–H groups in total. The van der Waals surface area contributed by atoms with E-state index in [2.05, 4.69) is 43.5 Å². The number of aliphatic hydroxyl groups is 1. The van der Waals surface area contributed by atoms with Gasteiger partial charge in [-0.05, 0) is 56.4 Å². The third kappa shape index (κ3) is 5.62. The molecule has 1 aromatic carbocycles. The van der Waals surface area contributed by atoms with E-state index in [1.54, 1.807) is 0 Å². The van der Waals surface area contributed by atoms with Gasteiger partial charge in [0.05, 0.1) is 19.3 Å². The highest BCUT2D eigenvalue weighted by molar-refractivity contribution is 5.68. The van der Waals surface area contributed by atoms with Gasteiger partial charge < -0.3 is 19.5 Å². The maximum Gasteiger partial charge on any atom is 0.0704 e. The Labute approximate surface area is 146 Å². The summed E-state index contributed by atoms with van der Waals surface area (Å²) in [4.78, 5) is 2.43. The van der Waals surface area contributed by atoms with Gasteiger partial charge in [0.2, 0.25) is 0 Å². The van der Waals surface area contributed by atoms with E-state index in [9.17, 15) is 0 Å². The number of rotatable bonds is 9. The fraction of sp³-hybridized carbons (Fsp3) is 0.600. The van der Waals surface area contributed by atoms with Crippen molar-refractivity contribution in [3.8, 4) is 0 Å². The first-order valence-electron chi connectivity index (χ1n) is 8.93. The van der Waals surface area contributed by atoms with Crippen LogP contribution in [-0.2, 0) is 9.47 Å². The highest BCUT2D eigenvalue weighted by atomic mass is 16.5. The zero-order valence-electron chi connectivity index (χ0n) is 15.1. The Morgan fingerprint density at radius 3 is 2.67 bits per heavy atom. The Bertz CT molecular complexity index is 522. The normalized spacial score (nSPS) is 15.7. The number of aryl methyl sites for hydroxylation is 1. The van der Waals surface area contributed by atoms with Crippen molar-refractivity contribution in [1.82, 2.24) is 0 Å². The predicted octanol–water partition coefficient (Wildman–Crippen LogP) is 3.41. The van der Waals surface area contributed by atoms with Crippen LogP contribution in [-0.4, -0.2) is 50.7 Å². The number of anilines is 1. The molecule has 0 unspecified atom stereocenters. The summed E-state index contributed by atoms with van der Waals surface area (Å²) in [5.74, 6) is 0. The molecule has 1 aliphatic heterocycles. The summed E-state index contributed by atoms with van der Waals surface area (Å²) in [5.41, 5.74) is 4.94. The van der Waals surface area contributed by atoms with Crippen molar-refractivity contribution in [2.75, 3.05) is 44.4 Å². The number of benzene rings is 1. The number of hydrogen-bond acceptors (Lipinski definition) is 4. The van der Waals surface area contributed by atoms with Gasteiger partial charge in [-0.15, -0.1) is 0 Å². The number of hydrogen-bond donors (Lipinski definition) is 1. The molecule has 1 saturated heterocycles. The molecule has 0 aliphatic carbocycles. The number of piperidine rings is 1. The predicted molar refractivity (Wildman–Crippen MR) is 99.6 cm³/mol. The van der Waals surface area contributed by atoms with E-state index >= 15 is 0 Å². The second kappa shape index (κ2) is 9.82. The average Bonchev–Trinajstić information content (AvgIpc) is 2.59. The van der Waals surface area contributed by atoms with Crippen molar-refractivity contribution in [2.45, 2.75) is 39.2 Å². The van der Waals surface area contributed by atoms with Gasteiger partial charge in [0.1, 0.15) is 0 Å². The molecule has 0 radical (unpaired) electrons. The van der Waals surface area contributed by atoms with Crippen molar-refractivity contribution >= 4 is 11.3 Å². The van der Waals surface area contributed by atoms with Crippen LogP contribution in [0, 0.1) is 6.92 Å². The van der Waals surface area contributed by atoms with Crippen molar-refractivity contribution in [3.63, 3.8) is 0 Å². The van der Waals surface area contributed by atoms with Gasteiger partial charge in [-0.2, -0.15) is 0 Å². The minimum absolute atomic E-state index is 0.186. The molecule has 1 heterocycles. The van der Waals surface area contributed by atoms with Crippen LogP contribution in [0.4, 0.5) is 5.69 Å². The van der Waals surface area contributed by atoms with Gasteiger partial charge in [-0.3, -0.25) is 0 Å². The Morgan fingerprint density at radius 1 is 1.25 bits per heavy atom. The lowest BCUT2D eigenvalue weighted by atomic mass is 10.0. The Morgan fingerprint density at radius 2 is 2.00 bits per heavy atom. The van der Waals surface area contributed by atoms with Crippen LogP contribution in [0.3, 0.4) is 0 Å². The highest BCUT2D eigenvalue weighted by Crippen LogP contribution is 2.26. The minimum Gasteiger partial charge on any atom is -0.396 e. The number of nitrogens with zero attached hydrogens (tertiary/aromatic N) is 1. The maximum absolute atomic E-state index is 8.69. The second-order valence-electron chi connectivity index (χ2n) is 6.53. The molecule has 4 nitrogen and oxygen atoms in total. The van der Waals surface area contributed by atoms with Crippen LogP contribution < -0.4 is 4.90 Å². The van der Waals surface area contributed by atoms with E-state index in [0.29, 0.717) is 32.3 Å². The third-order valence-corrected chi connectivity index (χ3v) is 4.52. The minimum atomic E-state index is 0.186. The van der Waals surface area contributed by atoms with Crippen LogP contribution in [0.2, 0.25) is 0 Å². The van der Waals surface area contributed by atoms with Crippen LogP contribution in [0.15, 0.2) is 24.8 Å². The summed E-state index contributed by atoms with van der Waals surface area (Å²) in [6.45, 7) is 12.4. The third-order valence-electron chi connectivity index (χ3n) is 4.52. The molecule has 134 valence electrons. The lowest BCUT2D eigenvalue weighted by Crippen LogP contribution is -2.37. The average molecular weight is 333 g/mol. The first-order valence-corrected chi connectivity index (χ1v) is 8.93. The standard InChI is InChI=1S/C20H31NO3/c1-16(2)20-15-18(6-5-17(20)3)21-9-7-19(8-10-21)24-14-13-23-12-4-11-22/h5-6,15,19,22H,1,4,7-14H2,2-3H3. The zero-order valence-corrected chi connectivity index (χ0v) is 15.1. The molecule has 24 heavy (non-hydrogen) atoms. The quantitative estimate of drug-likeness (QED) is 0.703. The molecule has 0 bridgehead atoms. The maximum atomic E-state index is 8.69.